The van der Waals surface area contributed by atoms with Crippen LogP contribution in [0.5, 0.6) is 11.5 Å². The van der Waals surface area contributed by atoms with E-state index in [1.807, 2.05) is 41.0 Å². The second-order valence-corrected chi connectivity index (χ2v) is 6.23. The molecule has 1 aromatic heterocycles. The first-order valence-electron chi connectivity index (χ1n) is 7.75. The van der Waals surface area contributed by atoms with Gasteiger partial charge in [-0.1, -0.05) is 35.6 Å². The van der Waals surface area contributed by atoms with E-state index in [1.54, 1.807) is 25.3 Å². The predicted molar refractivity (Wildman–Crippen MR) is 99.1 cm³/mol. The summed E-state index contributed by atoms with van der Waals surface area (Å²) < 4.78 is 13.7. The van der Waals surface area contributed by atoms with Gasteiger partial charge < -0.3 is 14.0 Å². The molecule has 0 aliphatic carbocycles. The molecule has 6 heteroatoms. The van der Waals surface area contributed by atoms with Crippen molar-refractivity contribution >= 4 is 27.5 Å². The molecular weight excluding hydrogens is 336 g/mol. The molecule has 3 rings (SSSR count). The summed E-state index contributed by atoms with van der Waals surface area (Å²) in [4.78, 5) is 17.0. The van der Waals surface area contributed by atoms with E-state index in [0.29, 0.717) is 17.1 Å². The van der Waals surface area contributed by atoms with E-state index < -0.39 is 0 Å². The van der Waals surface area contributed by atoms with Gasteiger partial charge in [0.2, 0.25) is 0 Å². The van der Waals surface area contributed by atoms with Crippen molar-refractivity contribution in [2.24, 2.45) is 4.99 Å². The number of methoxy groups -OCH3 is 1. The molecule has 0 aliphatic rings. The molecule has 0 unspecified atom stereocenters. The van der Waals surface area contributed by atoms with Gasteiger partial charge in [0.15, 0.2) is 11.4 Å². The van der Waals surface area contributed by atoms with E-state index in [9.17, 15) is 4.79 Å². The number of aromatic nitrogens is 1. The Hall–Kier alpha value is -2.86. The lowest BCUT2D eigenvalue weighted by atomic mass is 10.3. The number of para-hydroxylation sites is 1. The molecule has 5 nitrogen and oxygen atoms in total. The fourth-order valence-corrected chi connectivity index (χ4v) is 3.46. The highest BCUT2D eigenvalue weighted by Crippen LogP contribution is 2.23. The smallest absolute Gasteiger partial charge is 0.286 e. The number of carbonyl (C=O) groups excluding carboxylic acids is 1. The Kier molecular flexibility index (Phi) is 5.30. The Labute approximate surface area is 149 Å². The molecule has 0 spiro atoms. The van der Waals surface area contributed by atoms with Crippen molar-refractivity contribution in [1.29, 1.82) is 0 Å². The van der Waals surface area contributed by atoms with Crippen molar-refractivity contribution in [1.82, 2.24) is 4.57 Å². The van der Waals surface area contributed by atoms with Crippen LogP contribution in [0.2, 0.25) is 0 Å². The molecule has 25 heavy (non-hydrogen) atoms. The predicted octanol–water partition coefficient (Wildman–Crippen LogP) is 3.40. The molecule has 0 fully saturated rings. The van der Waals surface area contributed by atoms with E-state index >= 15 is 0 Å². The Morgan fingerprint density at radius 2 is 2.04 bits per heavy atom. The summed E-state index contributed by atoms with van der Waals surface area (Å²) in [6, 6.07) is 15.0. The number of nitrogens with zero attached hydrogens (tertiary/aromatic N) is 2. The largest absolute Gasteiger partial charge is 0.497 e. The molecule has 2 aromatic carbocycles. The zero-order valence-corrected chi connectivity index (χ0v) is 14.7. The lowest BCUT2D eigenvalue weighted by Crippen LogP contribution is -2.19. The van der Waals surface area contributed by atoms with Gasteiger partial charge >= 0.3 is 0 Å². The standard InChI is InChI=1S/C19H18N2O3S/c1-3-11-21-16-10-9-15(23-2)12-17(16)25-19(21)20-18(22)13-24-14-7-5-4-6-8-14/h3-10,12H,1,11,13H2,2H3. The maximum Gasteiger partial charge on any atom is 0.286 e. The first kappa shape index (κ1) is 17.0. The third-order valence-corrected chi connectivity index (χ3v) is 4.57. The van der Waals surface area contributed by atoms with E-state index in [1.165, 1.54) is 11.3 Å². The average Bonchev–Trinajstić information content (AvgIpc) is 2.97. The van der Waals surface area contributed by atoms with Crippen molar-refractivity contribution in [3.63, 3.8) is 0 Å². The lowest BCUT2D eigenvalue weighted by Gasteiger charge is -2.03. The second kappa shape index (κ2) is 7.81. The Bertz CT molecular complexity index is 958. The zero-order valence-electron chi connectivity index (χ0n) is 13.8. The van der Waals surface area contributed by atoms with E-state index in [2.05, 4.69) is 11.6 Å². The number of rotatable bonds is 6. The Morgan fingerprint density at radius 3 is 2.76 bits per heavy atom. The normalized spacial score (nSPS) is 11.5. The summed E-state index contributed by atoms with van der Waals surface area (Å²) in [6.07, 6.45) is 1.78. The van der Waals surface area contributed by atoms with E-state index in [0.717, 1.165) is 16.0 Å². The van der Waals surface area contributed by atoms with Crippen molar-refractivity contribution in [3.8, 4) is 11.5 Å². The molecular formula is C19H18N2O3S. The molecule has 0 bridgehead atoms. The molecule has 0 radical (unpaired) electrons. The SMILES string of the molecule is C=CCn1c(=NC(=O)COc2ccccc2)sc2cc(OC)ccc21. The minimum absolute atomic E-state index is 0.102. The van der Waals surface area contributed by atoms with Crippen LogP contribution >= 0.6 is 11.3 Å². The third kappa shape index (κ3) is 3.97. The summed E-state index contributed by atoms with van der Waals surface area (Å²) in [5.41, 5.74) is 0.987. The summed E-state index contributed by atoms with van der Waals surface area (Å²) in [6.45, 7) is 4.25. The number of allylic oxidation sites excluding steroid dienone is 1. The molecule has 128 valence electrons. The van der Waals surface area contributed by atoms with Crippen LogP contribution in [0.15, 0.2) is 66.2 Å². The van der Waals surface area contributed by atoms with Gasteiger partial charge in [0.25, 0.3) is 5.91 Å². The first-order chi connectivity index (χ1) is 12.2. The van der Waals surface area contributed by atoms with Crippen molar-refractivity contribution in [3.05, 3.63) is 66.0 Å². The maximum absolute atomic E-state index is 12.2. The molecule has 0 aliphatic heterocycles. The first-order valence-corrected chi connectivity index (χ1v) is 8.56. The fourth-order valence-electron chi connectivity index (χ4n) is 2.37. The van der Waals surface area contributed by atoms with Gasteiger partial charge in [0.05, 0.1) is 17.3 Å². The summed E-state index contributed by atoms with van der Waals surface area (Å²) in [7, 11) is 1.63. The highest BCUT2D eigenvalue weighted by molar-refractivity contribution is 7.16. The number of hydrogen-bond donors (Lipinski definition) is 0. The van der Waals surface area contributed by atoms with Crippen molar-refractivity contribution in [2.75, 3.05) is 13.7 Å². The Morgan fingerprint density at radius 1 is 1.24 bits per heavy atom. The van der Waals surface area contributed by atoms with Crippen LogP contribution in [0.1, 0.15) is 0 Å². The van der Waals surface area contributed by atoms with E-state index in [4.69, 9.17) is 9.47 Å². The number of ether oxygens (including phenoxy) is 2. The number of thiazole rings is 1. The topological polar surface area (TPSA) is 52.8 Å². The molecule has 0 saturated heterocycles. The summed E-state index contributed by atoms with van der Waals surface area (Å²) in [5.74, 6) is 1.08. The van der Waals surface area contributed by atoms with Crippen LogP contribution in [0, 0.1) is 0 Å². The van der Waals surface area contributed by atoms with Crippen molar-refractivity contribution < 1.29 is 14.3 Å². The fraction of sp³-hybridized carbons (Fsp3) is 0.158. The quantitative estimate of drug-likeness (QED) is 0.638. The molecule has 0 atom stereocenters. The Balaban J connectivity index is 1.90. The molecule has 1 amide bonds. The van der Waals surface area contributed by atoms with Crippen LogP contribution in [0.4, 0.5) is 0 Å². The maximum atomic E-state index is 12.2. The van der Waals surface area contributed by atoms with Gasteiger partial charge in [-0.3, -0.25) is 4.79 Å². The molecule has 0 N–H and O–H groups in total. The van der Waals surface area contributed by atoms with Gasteiger partial charge in [-0.25, -0.2) is 0 Å². The van der Waals surface area contributed by atoms with Crippen LogP contribution in [0.3, 0.4) is 0 Å². The summed E-state index contributed by atoms with van der Waals surface area (Å²) >= 11 is 1.44. The van der Waals surface area contributed by atoms with Gasteiger partial charge in [0, 0.05) is 6.54 Å². The monoisotopic (exact) mass is 354 g/mol. The second-order valence-electron chi connectivity index (χ2n) is 5.22. The summed E-state index contributed by atoms with van der Waals surface area (Å²) in [5, 5.41) is 0. The number of benzene rings is 2. The molecule has 0 saturated carbocycles. The van der Waals surface area contributed by atoms with Crippen LogP contribution < -0.4 is 14.3 Å². The minimum atomic E-state index is -0.333. The number of hydrogen-bond acceptors (Lipinski definition) is 4. The third-order valence-electron chi connectivity index (χ3n) is 3.53. The van der Waals surface area contributed by atoms with Gasteiger partial charge in [0.1, 0.15) is 11.5 Å². The highest BCUT2D eigenvalue weighted by atomic mass is 32.1. The van der Waals surface area contributed by atoms with E-state index in [-0.39, 0.29) is 12.5 Å². The highest BCUT2D eigenvalue weighted by Gasteiger charge is 2.08. The van der Waals surface area contributed by atoms with Gasteiger partial charge in [-0.15, -0.1) is 6.58 Å². The zero-order chi connectivity index (χ0) is 17.6. The number of amides is 1. The average molecular weight is 354 g/mol. The van der Waals surface area contributed by atoms with Crippen LogP contribution in [0.25, 0.3) is 10.2 Å². The molecule has 3 aromatic rings. The van der Waals surface area contributed by atoms with Crippen LogP contribution in [-0.2, 0) is 11.3 Å². The molecule has 1 heterocycles. The van der Waals surface area contributed by atoms with Gasteiger partial charge in [-0.05, 0) is 30.3 Å². The van der Waals surface area contributed by atoms with Crippen LogP contribution in [-0.4, -0.2) is 24.2 Å². The van der Waals surface area contributed by atoms with Gasteiger partial charge in [-0.2, -0.15) is 4.99 Å². The van der Waals surface area contributed by atoms with Crippen molar-refractivity contribution in [2.45, 2.75) is 6.54 Å². The number of carbonyl (C=O) groups is 1. The lowest BCUT2D eigenvalue weighted by molar-refractivity contribution is -0.120. The number of fused-ring (bicyclic) bond motifs is 1. The minimum Gasteiger partial charge on any atom is -0.497 e.